The van der Waals surface area contributed by atoms with Gasteiger partial charge in [0.25, 0.3) is 0 Å². The summed E-state index contributed by atoms with van der Waals surface area (Å²) in [5.41, 5.74) is 5.62. The highest BCUT2D eigenvalue weighted by atomic mass is 32.1. The van der Waals surface area contributed by atoms with Gasteiger partial charge in [-0.25, -0.2) is 0 Å². The van der Waals surface area contributed by atoms with E-state index in [1.807, 2.05) is 11.3 Å². The highest BCUT2D eigenvalue weighted by Crippen LogP contribution is 2.53. The Labute approximate surface area is 137 Å². The first-order valence-electron chi connectivity index (χ1n) is 7.87. The summed E-state index contributed by atoms with van der Waals surface area (Å²) in [4.78, 5) is 0. The average molecular weight is 308 g/mol. The molecule has 0 saturated carbocycles. The lowest BCUT2D eigenvalue weighted by atomic mass is 9.93. The van der Waals surface area contributed by atoms with Crippen LogP contribution in [0.25, 0.3) is 53.9 Å². The molecule has 0 bridgehead atoms. The minimum Gasteiger partial charge on any atom is -0.143 e. The fourth-order valence-corrected chi connectivity index (χ4v) is 5.07. The molecule has 0 aliphatic heterocycles. The van der Waals surface area contributed by atoms with E-state index in [0.717, 1.165) is 0 Å². The van der Waals surface area contributed by atoms with E-state index in [2.05, 4.69) is 72.1 Å². The molecule has 1 heteroatoms. The maximum atomic E-state index is 2.33. The van der Waals surface area contributed by atoms with Gasteiger partial charge in [0.05, 0.1) is 0 Å². The molecule has 0 atom stereocenters. The average Bonchev–Trinajstić information content (AvgIpc) is 3.18. The Kier molecular flexibility index (Phi) is 2.07. The van der Waals surface area contributed by atoms with Crippen molar-refractivity contribution < 1.29 is 0 Å². The summed E-state index contributed by atoms with van der Waals surface area (Å²) in [6, 6.07) is 24.5. The Bertz CT molecular complexity index is 1260. The van der Waals surface area contributed by atoms with Crippen LogP contribution >= 0.6 is 11.3 Å². The van der Waals surface area contributed by atoms with E-state index in [1.165, 1.54) is 53.9 Å². The molecule has 0 spiro atoms. The first-order valence-corrected chi connectivity index (χ1v) is 8.75. The van der Waals surface area contributed by atoms with Crippen molar-refractivity contribution >= 4 is 43.0 Å². The fourth-order valence-electron chi connectivity index (χ4n) is 4.10. The predicted octanol–water partition coefficient (Wildman–Crippen LogP) is 6.86. The summed E-state index contributed by atoms with van der Waals surface area (Å²) in [6.07, 6.45) is 0. The first-order chi connectivity index (χ1) is 11.4. The lowest BCUT2D eigenvalue weighted by molar-refractivity contribution is 1.74. The van der Waals surface area contributed by atoms with Gasteiger partial charge < -0.3 is 0 Å². The SMILES string of the molecule is c1ccc2c(c1)ccc1ccc3c(c12)-c1csc2cccc-3c12. The molecule has 1 heterocycles. The summed E-state index contributed by atoms with van der Waals surface area (Å²) < 4.78 is 1.39. The minimum atomic E-state index is 1.32. The monoisotopic (exact) mass is 308 g/mol. The van der Waals surface area contributed by atoms with Crippen molar-refractivity contribution in [1.82, 2.24) is 0 Å². The highest BCUT2D eigenvalue weighted by molar-refractivity contribution is 7.18. The Morgan fingerprint density at radius 1 is 0.565 bits per heavy atom. The molecule has 0 radical (unpaired) electrons. The number of fused-ring (bicyclic) bond motifs is 7. The normalized spacial score (nSPS) is 12.3. The zero-order chi connectivity index (χ0) is 15.0. The zero-order valence-corrected chi connectivity index (χ0v) is 13.2. The Morgan fingerprint density at radius 2 is 1.43 bits per heavy atom. The number of benzene rings is 4. The smallest absolute Gasteiger partial charge is 0.0355 e. The van der Waals surface area contributed by atoms with Gasteiger partial charge in [0.1, 0.15) is 0 Å². The molecular weight excluding hydrogens is 296 g/mol. The molecule has 0 nitrogen and oxygen atoms in total. The summed E-state index contributed by atoms with van der Waals surface area (Å²) in [5, 5.41) is 9.17. The molecule has 1 aliphatic rings. The number of thiophene rings is 1. The highest BCUT2D eigenvalue weighted by Gasteiger charge is 2.24. The molecule has 0 N–H and O–H groups in total. The third-order valence-electron chi connectivity index (χ3n) is 5.07. The largest absolute Gasteiger partial charge is 0.143 e. The fraction of sp³-hybridized carbons (Fsp3) is 0. The summed E-state index contributed by atoms with van der Waals surface area (Å²) in [5.74, 6) is 0. The van der Waals surface area contributed by atoms with E-state index in [-0.39, 0.29) is 0 Å². The van der Waals surface area contributed by atoms with E-state index >= 15 is 0 Å². The van der Waals surface area contributed by atoms with Gasteiger partial charge in [-0.1, -0.05) is 60.7 Å². The van der Waals surface area contributed by atoms with E-state index in [9.17, 15) is 0 Å². The molecule has 1 aromatic heterocycles. The van der Waals surface area contributed by atoms with Crippen LogP contribution in [0.1, 0.15) is 0 Å². The second-order valence-corrected chi connectivity index (χ2v) is 7.11. The topological polar surface area (TPSA) is 0 Å². The number of hydrogen-bond donors (Lipinski definition) is 0. The van der Waals surface area contributed by atoms with Crippen molar-refractivity contribution in [3.8, 4) is 22.3 Å². The van der Waals surface area contributed by atoms with Gasteiger partial charge in [0, 0.05) is 15.6 Å². The second kappa shape index (κ2) is 4.01. The Hall–Kier alpha value is -2.64. The molecule has 5 aromatic rings. The molecule has 0 saturated heterocycles. The van der Waals surface area contributed by atoms with Crippen LogP contribution in [0, 0.1) is 0 Å². The van der Waals surface area contributed by atoms with Crippen LogP contribution in [-0.2, 0) is 0 Å². The van der Waals surface area contributed by atoms with Crippen LogP contribution in [0.4, 0.5) is 0 Å². The van der Waals surface area contributed by atoms with Gasteiger partial charge in [-0.2, -0.15) is 0 Å². The molecule has 0 fully saturated rings. The predicted molar refractivity (Wildman–Crippen MR) is 101 cm³/mol. The van der Waals surface area contributed by atoms with E-state index in [1.54, 1.807) is 0 Å². The lowest BCUT2D eigenvalue weighted by Gasteiger charge is -2.10. The molecule has 23 heavy (non-hydrogen) atoms. The Balaban J connectivity index is 1.93. The molecule has 6 rings (SSSR count). The van der Waals surface area contributed by atoms with Crippen molar-refractivity contribution in [3.05, 3.63) is 72.1 Å². The van der Waals surface area contributed by atoms with Gasteiger partial charge in [-0.3, -0.25) is 0 Å². The van der Waals surface area contributed by atoms with Gasteiger partial charge in [0.2, 0.25) is 0 Å². The number of rotatable bonds is 0. The van der Waals surface area contributed by atoms with Crippen LogP contribution < -0.4 is 0 Å². The van der Waals surface area contributed by atoms with Gasteiger partial charge in [-0.05, 0) is 49.7 Å². The Morgan fingerprint density at radius 3 is 2.43 bits per heavy atom. The molecule has 0 unspecified atom stereocenters. The van der Waals surface area contributed by atoms with Crippen molar-refractivity contribution in [2.75, 3.05) is 0 Å². The van der Waals surface area contributed by atoms with Crippen molar-refractivity contribution in [3.63, 3.8) is 0 Å². The first kappa shape index (κ1) is 11.9. The maximum absolute atomic E-state index is 2.33. The van der Waals surface area contributed by atoms with Crippen molar-refractivity contribution in [2.45, 2.75) is 0 Å². The van der Waals surface area contributed by atoms with Gasteiger partial charge >= 0.3 is 0 Å². The molecule has 0 amide bonds. The van der Waals surface area contributed by atoms with Crippen molar-refractivity contribution in [2.24, 2.45) is 0 Å². The van der Waals surface area contributed by atoms with E-state index in [0.29, 0.717) is 0 Å². The minimum absolute atomic E-state index is 1.32. The molecular formula is C22H12S. The van der Waals surface area contributed by atoms with Crippen LogP contribution in [0.3, 0.4) is 0 Å². The molecule has 4 aromatic carbocycles. The molecule has 1 aliphatic carbocycles. The maximum Gasteiger partial charge on any atom is 0.0355 e. The van der Waals surface area contributed by atoms with Crippen LogP contribution in [0.5, 0.6) is 0 Å². The number of hydrogen-bond acceptors (Lipinski definition) is 1. The molecule has 106 valence electrons. The second-order valence-electron chi connectivity index (χ2n) is 6.20. The third kappa shape index (κ3) is 1.37. The van der Waals surface area contributed by atoms with Crippen LogP contribution in [0.2, 0.25) is 0 Å². The summed E-state index contributed by atoms with van der Waals surface area (Å²) in [7, 11) is 0. The quantitative estimate of drug-likeness (QED) is 0.269. The third-order valence-corrected chi connectivity index (χ3v) is 6.02. The van der Waals surface area contributed by atoms with E-state index < -0.39 is 0 Å². The zero-order valence-electron chi connectivity index (χ0n) is 12.3. The summed E-state index contributed by atoms with van der Waals surface area (Å²) in [6.45, 7) is 0. The van der Waals surface area contributed by atoms with E-state index in [4.69, 9.17) is 0 Å². The van der Waals surface area contributed by atoms with Gasteiger partial charge in [0.15, 0.2) is 0 Å². The van der Waals surface area contributed by atoms with Crippen LogP contribution in [0.15, 0.2) is 72.1 Å². The summed E-state index contributed by atoms with van der Waals surface area (Å²) >= 11 is 1.86. The van der Waals surface area contributed by atoms with Crippen molar-refractivity contribution in [1.29, 1.82) is 0 Å². The standard InChI is InChI=1S/C22H12S/c1-2-5-15-13(4-1)8-9-14-10-11-17-16-6-3-7-19-21(16)18(12-23-19)22(17)20(14)15/h1-12H. The van der Waals surface area contributed by atoms with Gasteiger partial charge in [-0.15, -0.1) is 11.3 Å². The van der Waals surface area contributed by atoms with Crippen LogP contribution in [-0.4, -0.2) is 0 Å². The lowest BCUT2D eigenvalue weighted by Crippen LogP contribution is -1.83.